The summed E-state index contributed by atoms with van der Waals surface area (Å²) in [4.78, 5) is 29.3. The Morgan fingerprint density at radius 1 is 1.02 bits per heavy atom. The van der Waals surface area contributed by atoms with Crippen molar-refractivity contribution in [2.24, 2.45) is 17.8 Å². The Hall–Kier alpha value is -3.56. The Morgan fingerprint density at radius 3 is 2.68 bits per heavy atom. The molecule has 7 atom stereocenters. The first-order chi connectivity index (χ1) is 20.0. The molecule has 7 rings (SSSR count). The molecule has 2 aromatic carbocycles. The molecule has 41 heavy (non-hydrogen) atoms. The first kappa shape index (κ1) is 26.3. The minimum Gasteiger partial charge on any atom is -0.486 e. The van der Waals surface area contributed by atoms with Gasteiger partial charge in [0.2, 0.25) is 18.6 Å². The number of hydrogen-bond acceptors (Lipinski definition) is 7. The topological polar surface area (TPSA) is 118 Å². The van der Waals surface area contributed by atoms with E-state index in [4.69, 9.17) is 14.2 Å². The summed E-state index contributed by atoms with van der Waals surface area (Å²) in [5, 5.41) is 24.0. The van der Waals surface area contributed by atoms with E-state index in [1.165, 1.54) is 19.3 Å². The fraction of sp³-hybridized carbons (Fsp3) is 0.500. The van der Waals surface area contributed by atoms with E-state index in [0.717, 1.165) is 17.5 Å². The number of fused-ring (bicyclic) bond motifs is 6. The minimum absolute atomic E-state index is 0.0374. The van der Waals surface area contributed by atoms with Gasteiger partial charge in [0, 0.05) is 30.6 Å². The zero-order valence-corrected chi connectivity index (χ0v) is 22.9. The molecule has 2 heterocycles. The highest BCUT2D eigenvalue weighted by molar-refractivity contribution is 5.96. The lowest BCUT2D eigenvalue weighted by atomic mass is 9.77. The molecule has 3 N–H and O–H groups in total. The summed E-state index contributed by atoms with van der Waals surface area (Å²) in [6, 6.07) is 12.3. The molecule has 3 aliphatic carbocycles. The SMILES string of the molecule is O=C(NCCO)C1=CC(N(Cc2ccc3c(c2)OCO3)C(=O)CC2CC3CCC2C3)C(O)C2Oc3ccccc3C12. The highest BCUT2D eigenvalue weighted by atomic mass is 16.7. The van der Waals surface area contributed by atoms with E-state index in [1.54, 1.807) is 11.0 Å². The Balaban J connectivity index is 1.24. The number of nitrogens with one attached hydrogen (secondary N) is 1. The molecular weight excluding hydrogens is 524 g/mol. The number of ether oxygens (including phenoxy) is 3. The van der Waals surface area contributed by atoms with E-state index >= 15 is 0 Å². The molecule has 2 saturated carbocycles. The third-order valence-corrected chi connectivity index (χ3v) is 9.67. The number of aliphatic hydroxyl groups is 2. The fourth-order valence-corrected chi connectivity index (χ4v) is 7.75. The van der Waals surface area contributed by atoms with Crippen LogP contribution in [0.15, 0.2) is 54.1 Å². The second-order valence-corrected chi connectivity index (χ2v) is 12.0. The maximum absolute atomic E-state index is 14.2. The highest BCUT2D eigenvalue weighted by Gasteiger charge is 2.51. The lowest BCUT2D eigenvalue weighted by Gasteiger charge is -2.41. The summed E-state index contributed by atoms with van der Waals surface area (Å²) in [6.45, 7) is 0.311. The van der Waals surface area contributed by atoms with Gasteiger partial charge in [0.25, 0.3) is 0 Å². The van der Waals surface area contributed by atoms with E-state index in [1.807, 2.05) is 42.5 Å². The van der Waals surface area contributed by atoms with Gasteiger partial charge < -0.3 is 34.6 Å². The lowest BCUT2D eigenvalue weighted by molar-refractivity contribution is -0.139. The van der Waals surface area contributed by atoms with Crippen molar-refractivity contribution in [3.8, 4) is 17.2 Å². The monoisotopic (exact) mass is 560 g/mol. The van der Waals surface area contributed by atoms with Crippen molar-refractivity contribution < 1.29 is 34.0 Å². The molecule has 0 saturated heterocycles. The van der Waals surface area contributed by atoms with E-state index in [9.17, 15) is 19.8 Å². The van der Waals surface area contributed by atoms with Crippen LogP contribution in [0, 0.1) is 17.8 Å². The Bertz CT molecular complexity index is 1380. The van der Waals surface area contributed by atoms with Gasteiger partial charge in [-0.2, -0.15) is 0 Å². The Labute approximate surface area is 239 Å². The minimum atomic E-state index is -1.06. The standard InChI is InChI=1S/C32H36N2O7/c35-10-9-33-32(38)23-15-24(30(37)31-29(23)22-3-1-2-4-25(22)41-31)34(16-19-6-8-26-27(13-19)40-17-39-26)28(36)14-21-12-18-5-7-20(21)11-18/h1-4,6,8,13,15,18,20-21,24,29-31,35,37H,5,7,9-12,14,16-17H2,(H,33,38). The van der Waals surface area contributed by atoms with Gasteiger partial charge in [-0.05, 0) is 66.9 Å². The number of hydrogen-bond donors (Lipinski definition) is 3. The number of benzene rings is 2. The van der Waals surface area contributed by atoms with Crippen LogP contribution in [0.5, 0.6) is 17.2 Å². The Kier molecular flexibility index (Phi) is 6.87. The number of carbonyl (C=O) groups is 2. The predicted molar refractivity (Wildman–Crippen MR) is 148 cm³/mol. The number of para-hydroxylation sites is 1. The number of amides is 2. The van der Waals surface area contributed by atoms with Crippen molar-refractivity contribution >= 4 is 11.8 Å². The van der Waals surface area contributed by atoms with Crippen LogP contribution in [0.3, 0.4) is 0 Å². The average molecular weight is 561 g/mol. The Morgan fingerprint density at radius 2 is 1.88 bits per heavy atom. The third kappa shape index (κ3) is 4.75. The molecule has 0 aromatic heterocycles. The summed E-state index contributed by atoms with van der Waals surface area (Å²) in [6.07, 6.45) is 5.10. The molecule has 2 fully saturated rings. The van der Waals surface area contributed by atoms with Gasteiger partial charge >= 0.3 is 0 Å². The van der Waals surface area contributed by atoms with Gasteiger partial charge in [-0.25, -0.2) is 0 Å². The van der Waals surface area contributed by atoms with Crippen molar-refractivity contribution in [3.05, 3.63) is 65.2 Å². The largest absolute Gasteiger partial charge is 0.486 e. The number of carbonyl (C=O) groups excluding carboxylic acids is 2. The molecule has 0 radical (unpaired) electrons. The number of rotatable bonds is 8. The van der Waals surface area contributed by atoms with Crippen molar-refractivity contribution in [3.63, 3.8) is 0 Å². The van der Waals surface area contributed by atoms with E-state index in [2.05, 4.69) is 5.32 Å². The zero-order chi connectivity index (χ0) is 28.1. The lowest BCUT2D eigenvalue weighted by Crippen LogP contribution is -2.55. The van der Waals surface area contributed by atoms with Crippen LogP contribution in [-0.2, 0) is 16.1 Å². The molecular formula is C32H36N2O7. The first-order valence-electron chi connectivity index (χ1n) is 14.7. The summed E-state index contributed by atoms with van der Waals surface area (Å²) in [5.41, 5.74) is 2.11. The average Bonchev–Trinajstić information content (AvgIpc) is 3.78. The maximum atomic E-state index is 14.2. The zero-order valence-electron chi connectivity index (χ0n) is 22.9. The van der Waals surface area contributed by atoms with Gasteiger partial charge in [0.1, 0.15) is 18.0 Å². The van der Waals surface area contributed by atoms with Crippen LogP contribution in [-0.4, -0.2) is 65.1 Å². The van der Waals surface area contributed by atoms with Crippen LogP contribution in [0.4, 0.5) is 0 Å². The summed E-state index contributed by atoms with van der Waals surface area (Å²) in [7, 11) is 0. The van der Waals surface area contributed by atoms with E-state index < -0.39 is 24.2 Å². The maximum Gasteiger partial charge on any atom is 0.247 e. The van der Waals surface area contributed by atoms with Crippen molar-refractivity contribution in [2.45, 2.75) is 62.8 Å². The van der Waals surface area contributed by atoms with Crippen LogP contribution in [0.1, 0.15) is 49.1 Å². The summed E-state index contributed by atoms with van der Waals surface area (Å²) < 4.78 is 17.3. The normalized spacial score (nSPS) is 30.3. The van der Waals surface area contributed by atoms with E-state index in [0.29, 0.717) is 47.0 Å². The van der Waals surface area contributed by atoms with Crippen LogP contribution in [0.2, 0.25) is 0 Å². The first-order valence-corrected chi connectivity index (χ1v) is 14.7. The highest BCUT2D eigenvalue weighted by Crippen LogP contribution is 2.50. The molecule has 7 unspecified atom stereocenters. The molecule has 2 bridgehead atoms. The molecule has 2 aliphatic heterocycles. The number of aliphatic hydroxyl groups excluding tert-OH is 2. The van der Waals surface area contributed by atoms with Gasteiger partial charge in [-0.15, -0.1) is 0 Å². The quantitative estimate of drug-likeness (QED) is 0.455. The van der Waals surface area contributed by atoms with E-state index in [-0.39, 0.29) is 38.3 Å². The van der Waals surface area contributed by atoms with Crippen LogP contribution < -0.4 is 19.5 Å². The molecule has 2 amide bonds. The van der Waals surface area contributed by atoms with Crippen molar-refractivity contribution in [1.29, 1.82) is 0 Å². The molecule has 216 valence electrons. The smallest absolute Gasteiger partial charge is 0.247 e. The van der Waals surface area contributed by atoms with Crippen molar-refractivity contribution in [2.75, 3.05) is 19.9 Å². The molecule has 0 spiro atoms. The molecule has 9 nitrogen and oxygen atoms in total. The summed E-state index contributed by atoms with van der Waals surface area (Å²) in [5.74, 6) is 2.70. The van der Waals surface area contributed by atoms with Gasteiger partial charge in [-0.1, -0.05) is 30.7 Å². The second kappa shape index (κ2) is 10.7. The van der Waals surface area contributed by atoms with Crippen LogP contribution >= 0.6 is 0 Å². The van der Waals surface area contributed by atoms with Gasteiger partial charge in [-0.3, -0.25) is 9.59 Å². The summed E-state index contributed by atoms with van der Waals surface area (Å²) >= 11 is 0. The van der Waals surface area contributed by atoms with Gasteiger partial charge in [0.15, 0.2) is 11.5 Å². The van der Waals surface area contributed by atoms with Crippen molar-refractivity contribution in [1.82, 2.24) is 10.2 Å². The molecule has 5 aliphatic rings. The van der Waals surface area contributed by atoms with Crippen LogP contribution in [0.25, 0.3) is 0 Å². The number of nitrogens with zero attached hydrogens (tertiary/aromatic N) is 1. The fourth-order valence-electron chi connectivity index (χ4n) is 7.75. The predicted octanol–water partition coefficient (Wildman–Crippen LogP) is 2.89. The third-order valence-electron chi connectivity index (χ3n) is 9.67. The molecule has 9 heteroatoms. The second-order valence-electron chi connectivity index (χ2n) is 12.0. The van der Waals surface area contributed by atoms with Gasteiger partial charge in [0.05, 0.1) is 18.6 Å². The molecule has 2 aromatic rings.